The molecule has 25 heavy (non-hydrogen) atoms. The largest absolute Gasteiger partial charge is 0.300 e. The van der Waals surface area contributed by atoms with E-state index in [1.165, 1.54) is 70.0 Å². The Kier molecular flexibility index (Phi) is 18.0. The second-order valence-corrected chi connectivity index (χ2v) is 11.2. The highest BCUT2D eigenvalue weighted by Gasteiger charge is 2.12. The van der Waals surface area contributed by atoms with Gasteiger partial charge in [0.1, 0.15) is 5.78 Å². The van der Waals surface area contributed by atoms with Crippen LogP contribution in [0.4, 0.5) is 0 Å². The topological polar surface area (TPSA) is 17.1 Å². The standard InChI is InChI=1S/C22H44OS2/c1-5-6-7-8-9-10-11-12-13-14-19-24-25-20-15-16-21(23)17-18-22(2,3)4/h5-20H2,1-4H3. The zero-order chi connectivity index (χ0) is 18.8. The normalized spacial score (nSPS) is 11.8. The molecule has 1 nitrogen and oxygen atoms in total. The van der Waals surface area contributed by atoms with Crippen molar-refractivity contribution < 1.29 is 4.79 Å². The van der Waals surface area contributed by atoms with Gasteiger partial charge >= 0.3 is 0 Å². The van der Waals surface area contributed by atoms with Gasteiger partial charge in [0.25, 0.3) is 0 Å². The minimum Gasteiger partial charge on any atom is -0.300 e. The first-order chi connectivity index (χ1) is 12.0. The average molecular weight is 389 g/mol. The maximum absolute atomic E-state index is 11.8. The lowest BCUT2D eigenvalue weighted by molar-refractivity contribution is -0.119. The van der Waals surface area contributed by atoms with Crippen LogP contribution in [0.3, 0.4) is 0 Å². The Hall–Kier alpha value is 0.370. The van der Waals surface area contributed by atoms with Gasteiger partial charge in [0, 0.05) is 24.3 Å². The van der Waals surface area contributed by atoms with E-state index in [1.807, 2.05) is 21.6 Å². The van der Waals surface area contributed by atoms with Crippen LogP contribution in [0, 0.1) is 5.41 Å². The molecule has 0 spiro atoms. The van der Waals surface area contributed by atoms with Gasteiger partial charge in [0.05, 0.1) is 0 Å². The molecule has 0 N–H and O–H groups in total. The number of unbranched alkanes of at least 4 members (excludes halogenated alkanes) is 9. The van der Waals surface area contributed by atoms with E-state index < -0.39 is 0 Å². The monoisotopic (exact) mass is 388 g/mol. The Morgan fingerprint density at radius 1 is 0.680 bits per heavy atom. The lowest BCUT2D eigenvalue weighted by Crippen LogP contribution is -2.08. The highest BCUT2D eigenvalue weighted by atomic mass is 33.1. The fourth-order valence-corrected chi connectivity index (χ4v) is 4.97. The van der Waals surface area contributed by atoms with Crippen molar-refractivity contribution in [2.45, 2.75) is 118 Å². The van der Waals surface area contributed by atoms with Crippen LogP contribution in [0.5, 0.6) is 0 Å². The quantitative estimate of drug-likeness (QED) is 0.173. The minimum atomic E-state index is 0.287. The molecule has 0 saturated heterocycles. The van der Waals surface area contributed by atoms with E-state index >= 15 is 0 Å². The second kappa shape index (κ2) is 17.8. The van der Waals surface area contributed by atoms with Gasteiger partial charge in [-0.05, 0) is 24.7 Å². The molecular formula is C22H44OS2. The molecule has 150 valence electrons. The summed E-state index contributed by atoms with van der Waals surface area (Å²) in [5.41, 5.74) is 0.287. The molecular weight excluding hydrogens is 344 g/mol. The summed E-state index contributed by atoms with van der Waals surface area (Å²) in [4.78, 5) is 11.8. The van der Waals surface area contributed by atoms with Gasteiger partial charge in [0.2, 0.25) is 0 Å². The molecule has 0 radical (unpaired) electrons. The second-order valence-electron chi connectivity index (χ2n) is 8.53. The first-order valence-corrected chi connectivity index (χ1v) is 13.2. The Morgan fingerprint density at radius 2 is 1.16 bits per heavy atom. The fourth-order valence-electron chi connectivity index (χ4n) is 2.73. The highest BCUT2D eigenvalue weighted by molar-refractivity contribution is 8.76. The van der Waals surface area contributed by atoms with E-state index in [9.17, 15) is 4.79 Å². The minimum absolute atomic E-state index is 0.287. The zero-order valence-electron chi connectivity index (χ0n) is 17.5. The zero-order valence-corrected chi connectivity index (χ0v) is 19.2. The smallest absolute Gasteiger partial charge is 0.132 e. The molecule has 0 amide bonds. The first kappa shape index (κ1) is 25.4. The SMILES string of the molecule is CCCCCCCCCCCCSSCCCC(=O)CCC(C)(C)C. The number of carbonyl (C=O) groups excluding carboxylic acids is 1. The Labute approximate surface area is 166 Å². The Bertz CT molecular complexity index is 297. The summed E-state index contributed by atoms with van der Waals surface area (Å²) >= 11 is 0. The maximum Gasteiger partial charge on any atom is 0.132 e. The molecule has 0 saturated carbocycles. The van der Waals surface area contributed by atoms with Crippen molar-refractivity contribution in [1.82, 2.24) is 0 Å². The molecule has 0 fully saturated rings. The summed E-state index contributed by atoms with van der Waals surface area (Å²) < 4.78 is 0. The summed E-state index contributed by atoms with van der Waals surface area (Å²) in [7, 11) is 3.97. The van der Waals surface area contributed by atoms with Crippen LogP contribution < -0.4 is 0 Å². The summed E-state index contributed by atoms with van der Waals surface area (Å²) in [5, 5.41) is 0. The molecule has 0 aromatic carbocycles. The van der Waals surface area contributed by atoms with Crippen LogP contribution in [-0.4, -0.2) is 17.3 Å². The van der Waals surface area contributed by atoms with Crippen LogP contribution in [-0.2, 0) is 4.79 Å². The molecule has 3 heteroatoms. The maximum atomic E-state index is 11.8. The van der Waals surface area contributed by atoms with Crippen LogP contribution in [0.1, 0.15) is 118 Å². The fraction of sp³-hybridized carbons (Fsp3) is 0.955. The number of Topliss-reactive ketones (excluding diaryl/α,β-unsaturated/α-hetero) is 1. The molecule has 0 bridgehead atoms. The van der Waals surface area contributed by atoms with Crippen molar-refractivity contribution in [2.75, 3.05) is 11.5 Å². The average Bonchev–Trinajstić information content (AvgIpc) is 2.56. The van der Waals surface area contributed by atoms with E-state index in [2.05, 4.69) is 27.7 Å². The predicted molar refractivity (Wildman–Crippen MR) is 120 cm³/mol. The lowest BCUT2D eigenvalue weighted by atomic mass is 9.89. The third kappa shape index (κ3) is 22.3. The van der Waals surface area contributed by atoms with Gasteiger partial charge in [-0.25, -0.2) is 0 Å². The van der Waals surface area contributed by atoms with Crippen molar-refractivity contribution in [3.63, 3.8) is 0 Å². The molecule has 0 heterocycles. The summed E-state index contributed by atoms with van der Waals surface area (Å²) in [6.07, 6.45) is 17.8. The van der Waals surface area contributed by atoms with Gasteiger partial charge in [-0.2, -0.15) is 0 Å². The van der Waals surface area contributed by atoms with Gasteiger partial charge in [-0.15, -0.1) is 0 Å². The van der Waals surface area contributed by atoms with Crippen LogP contribution >= 0.6 is 21.6 Å². The third-order valence-corrected chi connectivity index (χ3v) is 7.08. The molecule has 0 atom stereocenters. The van der Waals surface area contributed by atoms with Crippen LogP contribution in [0.15, 0.2) is 0 Å². The third-order valence-electron chi connectivity index (χ3n) is 4.50. The van der Waals surface area contributed by atoms with Gasteiger partial charge in [-0.1, -0.05) is 107 Å². The van der Waals surface area contributed by atoms with Crippen molar-refractivity contribution in [3.05, 3.63) is 0 Å². The number of carbonyl (C=O) groups is 1. The van der Waals surface area contributed by atoms with E-state index in [0.29, 0.717) is 5.78 Å². The molecule has 0 aliphatic rings. The lowest BCUT2D eigenvalue weighted by Gasteiger charge is -2.16. The van der Waals surface area contributed by atoms with Crippen molar-refractivity contribution >= 4 is 27.4 Å². The molecule has 0 rings (SSSR count). The molecule has 0 unspecified atom stereocenters. The van der Waals surface area contributed by atoms with Crippen molar-refractivity contribution in [1.29, 1.82) is 0 Å². The number of ketones is 1. The highest BCUT2D eigenvalue weighted by Crippen LogP contribution is 2.25. The van der Waals surface area contributed by atoms with Gasteiger partial charge in [0.15, 0.2) is 0 Å². The molecule has 0 aliphatic heterocycles. The van der Waals surface area contributed by atoms with E-state index in [-0.39, 0.29) is 5.41 Å². The van der Waals surface area contributed by atoms with E-state index in [0.717, 1.165) is 31.4 Å². The van der Waals surface area contributed by atoms with Crippen LogP contribution in [0.2, 0.25) is 0 Å². The Balaban J connectivity index is 3.15. The Morgan fingerprint density at radius 3 is 1.68 bits per heavy atom. The molecule has 0 aliphatic carbocycles. The molecule has 0 aromatic heterocycles. The number of hydrogen-bond acceptors (Lipinski definition) is 3. The predicted octanol–water partition coefficient (Wildman–Crippen LogP) is 8.46. The molecule has 0 aromatic rings. The van der Waals surface area contributed by atoms with Crippen molar-refractivity contribution in [3.8, 4) is 0 Å². The summed E-state index contributed by atoms with van der Waals surface area (Å²) in [6.45, 7) is 8.91. The van der Waals surface area contributed by atoms with Gasteiger partial charge < -0.3 is 0 Å². The van der Waals surface area contributed by atoms with E-state index in [4.69, 9.17) is 0 Å². The first-order valence-electron chi connectivity index (χ1n) is 10.7. The summed E-state index contributed by atoms with van der Waals surface area (Å²) in [6, 6.07) is 0. The van der Waals surface area contributed by atoms with E-state index in [1.54, 1.807) is 0 Å². The van der Waals surface area contributed by atoms with Crippen molar-refractivity contribution in [2.24, 2.45) is 5.41 Å². The number of rotatable bonds is 18. The van der Waals surface area contributed by atoms with Gasteiger partial charge in [-0.3, -0.25) is 4.79 Å². The van der Waals surface area contributed by atoms with Crippen LogP contribution in [0.25, 0.3) is 0 Å². The number of hydrogen-bond donors (Lipinski definition) is 0. The summed E-state index contributed by atoms with van der Waals surface area (Å²) in [5.74, 6) is 2.86.